The van der Waals surface area contributed by atoms with Crippen LogP contribution in [0.4, 0.5) is 0 Å². The standard InChI is InChI=1S/C11H15NS/c1-8-4-5-11(13)9(7-8)10-3-2-6-12-10/h4-5,7,10,12-13H,2-3,6H2,1H3. The molecule has 0 radical (unpaired) electrons. The molecule has 1 unspecified atom stereocenters. The Morgan fingerprint density at radius 2 is 2.31 bits per heavy atom. The molecule has 0 aliphatic carbocycles. The topological polar surface area (TPSA) is 12.0 Å². The minimum atomic E-state index is 0.535. The molecule has 70 valence electrons. The number of nitrogens with one attached hydrogen (secondary N) is 1. The fourth-order valence-corrected chi connectivity index (χ4v) is 2.20. The second kappa shape index (κ2) is 3.72. The number of hydrogen-bond acceptors (Lipinski definition) is 2. The molecule has 1 saturated heterocycles. The molecule has 1 aromatic carbocycles. The SMILES string of the molecule is Cc1ccc(S)c(C2CCCN2)c1. The summed E-state index contributed by atoms with van der Waals surface area (Å²) >= 11 is 4.48. The third kappa shape index (κ3) is 1.89. The molecular weight excluding hydrogens is 178 g/mol. The van der Waals surface area contributed by atoms with Gasteiger partial charge in [0, 0.05) is 10.9 Å². The van der Waals surface area contributed by atoms with Crippen LogP contribution in [0.3, 0.4) is 0 Å². The zero-order valence-corrected chi connectivity index (χ0v) is 8.77. The fraction of sp³-hybridized carbons (Fsp3) is 0.455. The average Bonchev–Trinajstić information content (AvgIpc) is 2.61. The van der Waals surface area contributed by atoms with E-state index in [0.29, 0.717) is 6.04 Å². The highest BCUT2D eigenvalue weighted by Gasteiger charge is 2.17. The summed E-state index contributed by atoms with van der Waals surface area (Å²) in [5.41, 5.74) is 2.68. The summed E-state index contributed by atoms with van der Waals surface area (Å²) in [5.74, 6) is 0. The highest BCUT2D eigenvalue weighted by molar-refractivity contribution is 7.80. The van der Waals surface area contributed by atoms with Crippen molar-refractivity contribution in [2.45, 2.75) is 30.7 Å². The van der Waals surface area contributed by atoms with E-state index in [9.17, 15) is 0 Å². The molecular formula is C11H15NS. The molecule has 2 heteroatoms. The predicted molar refractivity (Wildman–Crippen MR) is 58.4 cm³/mol. The Morgan fingerprint density at radius 3 is 3.00 bits per heavy atom. The van der Waals surface area contributed by atoms with E-state index in [1.165, 1.54) is 24.0 Å². The Hall–Kier alpha value is -0.470. The van der Waals surface area contributed by atoms with Gasteiger partial charge in [-0.15, -0.1) is 12.6 Å². The van der Waals surface area contributed by atoms with Crippen LogP contribution in [0, 0.1) is 6.92 Å². The van der Waals surface area contributed by atoms with Gasteiger partial charge in [0.15, 0.2) is 0 Å². The maximum absolute atomic E-state index is 4.48. The number of thiol groups is 1. The summed E-state index contributed by atoms with van der Waals surface area (Å²) < 4.78 is 0. The maximum atomic E-state index is 4.48. The first-order valence-electron chi connectivity index (χ1n) is 4.80. The largest absolute Gasteiger partial charge is 0.310 e. The van der Waals surface area contributed by atoms with Crippen LogP contribution in [-0.4, -0.2) is 6.54 Å². The minimum Gasteiger partial charge on any atom is -0.310 e. The second-order valence-corrected chi connectivity index (χ2v) is 4.19. The first kappa shape index (κ1) is 9.10. The molecule has 1 fully saturated rings. The van der Waals surface area contributed by atoms with Gasteiger partial charge in [-0.05, 0) is 37.9 Å². The van der Waals surface area contributed by atoms with E-state index in [1.807, 2.05) is 0 Å². The zero-order valence-electron chi connectivity index (χ0n) is 7.88. The van der Waals surface area contributed by atoms with Gasteiger partial charge in [0.1, 0.15) is 0 Å². The van der Waals surface area contributed by atoms with Gasteiger partial charge in [0.2, 0.25) is 0 Å². The van der Waals surface area contributed by atoms with Crippen LogP contribution < -0.4 is 5.32 Å². The van der Waals surface area contributed by atoms with Crippen LogP contribution in [0.15, 0.2) is 23.1 Å². The Kier molecular flexibility index (Phi) is 2.61. The van der Waals surface area contributed by atoms with E-state index in [2.05, 4.69) is 43.1 Å². The molecule has 0 saturated carbocycles. The van der Waals surface area contributed by atoms with Crippen molar-refractivity contribution in [2.24, 2.45) is 0 Å². The summed E-state index contributed by atoms with van der Waals surface area (Å²) in [7, 11) is 0. The lowest BCUT2D eigenvalue weighted by Gasteiger charge is -2.13. The van der Waals surface area contributed by atoms with Crippen LogP contribution in [0.5, 0.6) is 0 Å². The smallest absolute Gasteiger partial charge is 0.0331 e. The van der Waals surface area contributed by atoms with E-state index in [0.717, 1.165) is 11.4 Å². The average molecular weight is 193 g/mol. The second-order valence-electron chi connectivity index (χ2n) is 3.71. The molecule has 1 aromatic rings. The summed E-state index contributed by atoms with van der Waals surface area (Å²) in [5, 5.41) is 3.49. The monoisotopic (exact) mass is 193 g/mol. The summed E-state index contributed by atoms with van der Waals surface area (Å²) in [4.78, 5) is 1.12. The van der Waals surface area contributed by atoms with Crippen molar-refractivity contribution >= 4 is 12.6 Å². The van der Waals surface area contributed by atoms with Gasteiger partial charge in [0.25, 0.3) is 0 Å². The minimum absolute atomic E-state index is 0.535. The van der Waals surface area contributed by atoms with Crippen LogP contribution in [0.2, 0.25) is 0 Å². The summed E-state index contributed by atoms with van der Waals surface area (Å²) in [6.45, 7) is 3.28. The maximum Gasteiger partial charge on any atom is 0.0331 e. The molecule has 1 aliphatic rings. The van der Waals surface area contributed by atoms with Crippen molar-refractivity contribution in [1.29, 1.82) is 0 Å². The Labute approximate surface area is 85.0 Å². The molecule has 1 heterocycles. The van der Waals surface area contributed by atoms with Crippen LogP contribution >= 0.6 is 12.6 Å². The van der Waals surface area contributed by atoms with Gasteiger partial charge >= 0.3 is 0 Å². The quantitative estimate of drug-likeness (QED) is 0.653. The number of benzene rings is 1. The zero-order chi connectivity index (χ0) is 9.26. The first-order valence-corrected chi connectivity index (χ1v) is 5.25. The van der Waals surface area contributed by atoms with Crippen LogP contribution in [0.25, 0.3) is 0 Å². The molecule has 0 aromatic heterocycles. The van der Waals surface area contributed by atoms with Crippen molar-refractivity contribution in [3.8, 4) is 0 Å². The first-order chi connectivity index (χ1) is 6.27. The van der Waals surface area contributed by atoms with Crippen molar-refractivity contribution in [3.63, 3.8) is 0 Å². The molecule has 1 atom stereocenters. The fourth-order valence-electron chi connectivity index (χ4n) is 1.90. The number of aryl methyl sites for hydroxylation is 1. The predicted octanol–water partition coefficient (Wildman–Crippen LogP) is 2.71. The normalized spacial score (nSPS) is 22.2. The highest BCUT2D eigenvalue weighted by atomic mass is 32.1. The molecule has 13 heavy (non-hydrogen) atoms. The van der Waals surface area contributed by atoms with Crippen molar-refractivity contribution in [2.75, 3.05) is 6.54 Å². The van der Waals surface area contributed by atoms with E-state index in [4.69, 9.17) is 0 Å². The third-order valence-corrected chi connectivity index (χ3v) is 3.03. The van der Waals surface area contributed by atoms with Crippen LogP contribution in [-0.2, 0) is 0 Å². The Balaban J connectivity index is 2.32. The lowest BCUT2D eigenvalue weighted by atomic mass is 10.0. The molecule has 1 nitrogen and oxygen atoms in total. The van der Waals surface area contributed by atoms with Crippen LogP contribution in [0.1, 0.15) is 30.0 Å². The molecule has 2 rings (SSSR count). The van der Waals surface area contributed by atoms with Crippen molar-refractivity contribution in [1.82, 2.24) is 5.32 Å². The van der Waals surface area contributed by atoms with E-state index >= 15 is 0 Å². The number of rotatable bonds is 1. The molecule has 1 aliphatic heterocycles. The van der Waals surface area contributed by atoms with E-state index in [1.54, 1.807) is 0 Å². The van der Waals surface area contributed by atoms with E-state index in [-0.39, 0.29) is 0 Å². The lowest BCUT2D eigenvalue weighted by molar-refractivity contribution is 0.636. The Morgan fingerprint density at radius 1 is 1.46 bits per heavy atom. The van der Waals surface area contributed by atoms with Gasteiger partial charge < -0.3 is 5.32 Å². The van der Waals surface area contributed by atoms with Gasteiger partial charge in [0.05, 0.1) is 0 Å². The van der Waals surface area contributed by atoms with Crippen molar-refractivity contribution < 1.29 is 0 Å². The van der Waals surface area contributed by atoms with Crippen molar-refractivity contribution in [3.05, 3.63) is 29.3 Å². The Bertz CT molecular complexity index is 303. The van der Waals surface area contributed by atoms with Gasteiger partial charge in [-0.2, -0.15) is 0 Å². The molecule has 1 N–H and O–H groups in total. The highest BCUT2D eigenvalue weighted by Crippen LogP contribution is 2.28. The summed E-state index contributed by atoms with van der Waals surface area (Å²) in [6.07, 6.45) is 2.53. The molecule has 0 amide bonds. The molecule has 0 spiro atoms. The van der Waals surface area contributed by atoms with E-state index < -0.39 is 0 Å². The van der Waals surface area contributed by atoms with Gasteiger partial charge in [-0.25, -0.2) is 0 Å². The van der Waals surface area contributed by atoms with Gasteiger partial charge in [-0.1, -0.05) is 17.7 Å². The molecule has 0 bridgehead atoms. The third-order valence-electron chi connectivity index (χ3n) is 2.62. The lowest BCUT2D eigenvalue weighted by Crippen LogP contribution is -2.13. The number of hydrogen-bond donors (Lipinski definition) is 2. The van der Waals surface area contributed by atoms with Gasteiger partial charge in [-0.3, -0.25) is 0 Å². The summed E-state index contributed by atoms with van der Waals surface area (Å²) in [6, 6.07) is 6.98.